The van der Waals surface area contributed by atoms with Crippen LogP contribution in [-0.2, 0) is 9.68 Å². The second-order valence-corrected chi connectivity index (χ2v) is 2.78. The Balaban J connectivity index is 2.66. The van der Waals surface area contributed by atoms with Crippen molar-refractivity contribution in [1.82, 2.24) is 0 Å². The molecule has 1 fully saturated rings. The molecule has 0 bridgehead atoms. The highest BCUT2D eigenvalue weighted by molar-refractivity contribution is 4.88. The molecule has 1 heterocycles. The third kappa shape index (κ3) is 1.96. The molecule has 0 aliphatic carbocycles. The van der Waals surface area contributed by atoms with Crippen molar-refractivity contribution in [2.75, 3.05) is 6.61 Å². The van der Waals surface area contributed by atoms with Crippen molar-refractivity contribution in [3.05, 3.63) is 0 Å². The molecule has 0 radical (unpaired) electrons. The van der Waals surface area contributed by atoms with Gasteiger partial charge in [-0.15, -0.1) is 0 Å². The topological polar surface area (TPSA) is 99.4 Å². The van der Waals surface area contributed by atoms with Crippen molar-refractivity contribution in [2.45, 2.75) is 30.7 Å². The number of aliphatic hydroxyl groups excluding tert-OH is 4. The summed E-state index contributed by atoms with van der Waals surface area (Å²) in [7, 11) is 0. The Kier molecular flexibility index (Phi) is 3.54. The minimum absolute atomic E-state index is 0.589. The second-order valence-electron chi connectivity index (χ2n) is 2.78. The Bertz CT molecular complexity index is 167. The van der Waals surface area contributed by atoms with E-state index in [1.807, 2.05) is 0 Å². The summed E-state index contributed by atoms with van der Waals surface area (Å²) in [6.07, 6.45) is -7.63. The number of hydrogen-bond acceptors (Lipinski definition) is 6. The minimum Gasteiger partial charge on any atom is -0.394 e. The van der Waals surface area contributed by atoms with E-state index in [0.717, 1.165) is 0 Å². The average Bonchev–Trinajstić information content (AvgIpc) is 2.12. The van der Waals surface area contributed by atoms with Crippen LogP contribution in [0.15, 0.2) is 0 Å². The van der Waals surface area contributed by atoms with E-state index in [9.17, 15) is 4.53 Å². The molecule has 1 aliphatic heterocycles. The lowest BCUT2D eigenvalue weighted by molar-refractivity contribution is -0.342. The van der Waals surface area contributed by atoms with Crippen LogP contribution in [0.25, 0.3) is 0 Å². The maximum absolute atomic E-state index is 11.7. The zero-order valence-electron chi connectivity index (χ0n) is 6.58. The zero-order chi connectivity index (χ0) is 10.0. The molecule has 0 spiro atoms. The van der Waals surface area contributed by atoms with E-state index in [1.54, 1.807) is 0 Å². The molecule has 6 nitrogen and oxygen atoms in total. The van der Waals surface area contributed by atoms with Gasteiger partial charge in [0.05, 0.1) is 6.61 Å². The fraction of sp³-hybridized carbons (Fsp3) is 1.00. The zero-order valence-corrected chi connectivity index (χ0v) is 6.58. The molecule has 0 unspecified atom stereocenters. The van der Waals surface area contributed by atoms with Crippen molar-refractivity contribution in [2.24, 2.45) is 0 Å². The first-order valence-electron chi connectivity index (χ1n) is 3.69. The van der Waals surface area contributed by atoms with Crippen LogP contribution in [0.4, 0.5) is 4.53 Å². The molecule has 1 rings (SSSR count). The highest BCUT2D eigenvalue weighted by Crippen LogP contribution is 2.21. The quantitative estimate of drug-likeness (QED) is 0.398. The standard InChI is InChI=1S/C6H11FO6/c7-13-5-4(10)3(9)2(1-8)12-6(5)11/h2-6,8-11H,1H2/t2-,3-,4+,5-,6+/m1/s1. The molecule has 13 heavy (non-hydrogen) atoms. The van der Waals surface area contributed by atoms with Gasteiger partial charge in [-0.25, -0.2) is 0 Å². The van der Waals surface area contributed by atoms with Crippen LogP contribution < -0.4 is 0 Å². The Morgan fingerprint density at radius 2 is 1.85 bits per heavy atom. The Hall–Kier alpha value is -0.310. The van der Waals surface area contributed by atoms with Crippen LogP contribution in [-0.4, -0.2) is 57.7 Å². The van der Waals surface area contributed by atoms with E-state index in [2.05, 4.69) is 9.68 Å². The molecule has 0 amide bonds. The van der Waals surface area contributed by atoms with Gasteiger partial charge in [-0.2, -0.15) is 4.94 Å². The summed E-state index contributed by atoms with van der Waals surface area (Å²) in [5.74, 6) is 0. The third-order valence-corrected chi connectivity index (χ3v) is 1.95. The lowest BCUT2D eigenvalue weighted by Gasteiger charge is -2.37. The minimum atomic E-state index is -1.71. The molecule has 7 heteroatoms. The van der Waals surface area contributed by atoms with Crippen LogP contribution in [0.1, 0.15) is 0 Å². The Morgan fingerprint density at radius 3 is 2.31 bits per heavy atom. The molecule has 1 saturated heterocycles. The summed E-state index contributed by atoms with van der Waals surface area (Å²) in [6.45, 7) is -0.589. The number of halogens is 1. The van der Waals surface area contributed by atoms with E-state index in [4.69, 9.17) is 20.4 Å². The number of aliphatic hydroxyl groups is 4. The Morgan fingerprint density at radius 1 is 1.23 bits per heavy atom. The van der Waals surface area contributed by atoms with Crippen LogP contribution in [0.3, 0.4) is 0 Å². The highest BCUT2D eigenvalue weighted by Gasteiger charge is 2.45. The molecule has 5 atom stereocenters. The third-order valence-electron chi connectivity index (χ3n) is 1.95. The first-order chi connectivity index (χ1) is 6.11. The fourth-order valence-corrected chi connectivity index (χ4v) is 1.17. The summed E-state index contributed by atoms with van der Waals surface area (Å²) in [4.78, 5) is 3.21. The number of rotatable bonds is 2. The molecular formula is C6H11FO6. The second kappa shape index (κ2) is 4.27. The van der Waals surface area contributed by atoms with Crippen LogP contribution in [0.5, 0.6) is 0 Å². The lowest BCUT2D eigenvalue weighted by atomic mass is 9.99. The molecule has 0 aromatic carbocycles. The summed E-state index contributed by atoms with van der Waals surface area (Å²) in [5.41, 5.74) is 0. The van der Waals surface area contributed by atoms with Gasteiger partial charge in [-0.05, 0) is 4.53 Å². The molecule has 0 aromatic rings. The predicted molar refractivity (Wildman–Crippen MR) is 36.0 cm³/mol. The lowest BCUT2D eigenvalue weighted by Crippen LogP contribution is -2.58. The molecule has 1 aliphatic rings. The van der Waals surface area contributed by atoms with Crippen molar-refractivity contribution in [3.63, 3.8) is 0 Å². The maximum Gasteiger partial charge on any atom is 0.187 e. The van der Waals surface area contributed by atoms with Crippen molar-refractivity contribution in [3.8, 4) is 0 Å². The van der Waals surface area contributed by atoms with Gasteiger partial charge in [0.15, 0.2) is 12.4 Å². The molecule has 4 N–H and O–H groups in total. The number of hydrogen-bond donors (Lipinski definition) is 4. The van der Waals surface area contributed by atoms with Gasteiger partial charge in [-0.3, -0.25) is 0 Å². The van der Waals surface area contributed by atoms with E-state index in [1.165, 1.54) is 0 Å². The smallest absolute Gasteiger partial charge is 0.187 e. The first-order valence-corrected chi connectivity index (χ1v) is 3.69. The van der Waals surface area contributed by atoms with Gasteiger partial charge < -0.3 is 25.2 Å². The molecular weight excluding hydrogens is 187 g/mol. The van der Waals surface area contributed by atoms with Gasteiger partial charge in [0.25, 0.3) is 0 Å². The van der Waals surface area contributed by atoms with Crippen molar-refractivity contribution < 1.29 is 34.6 Å². The van der Waals surface area contributed by atoms with Gasteiger partial charge >= 0.3 is 0 Å². The van der Waals surface area contributed by atoms with E-state index in [0.29, 0.717) is 0 Å². The summed E-state index contributed by atoms with van der Waals surface area (Å²) in [6, 6.07) is 0. The Labute approximate surface area is 73.0 Å². The van der Waals surface area contributed by atoms with Gasteiger partial charge in [-0.1, -0.05) is 0 Å². The predicted octanol–water partition coefficient (Wildman–Crippen LogP) is -2.31. The summed E-state index contributed by atoms with van der Waals surface area (Å²) < 4.78 is 16.3. The van der Waals surface area contributed by atoms with Gasteiger partial charge in [0.2, 0.25) is 0 Å². The van der Waals surface area contributed by atoms with Gasteiger partial charge in [0.1, 0.15) is 18.3 Å². The average molecular weight is 198 g/mol. The van der Waals surface area contributed by atoms with Crippen LogP contribution in [0, 0.1) is 0 Å². The SMILES string of the molecule is OC[C@H]1O[C@H](O)[C@H](OF)[C@@H](O)[C@@H]1O. The molecule has 78 valence electrons. The maximum atomic E-state index is 11.7. The summed E-state index contributed by atoms with van der Waals surface area (Å²) >= 11 is 0. The van der Waals surface area contributed by atoms with Gasteiger partial charge in [0, 0.05) is 0 Å². The van der Waals surface area contributed by atoms with Crippen molar-refractivity contribution >= 4 is 0 Å². The van der Waals surface area contributed by atoms with E-state index >= 15 is 0 Å². The van der Waals surface area contributed by atoms with Crippen molar-refractivity contribution in [1.29, 1.82) is 0 Å². The number of ether oxygens (including phenoxy) is 1. The first kappa shape index (κ1) is 10.8. The fourth-order valence-electron chi connectivity index (χ4n) is 1.17. The monoisotopic (exact) mass is 198 g/mol. The normalized spacial score (nSPS) is 46.4. The molecule has 0 saturated carbocycles. The van der Waals surface area contributed by atoms with Crippen LogP contribution in [0.2, 0.25) is 0 Å². The molecule has 0 aromatic heterocycles. The highest BCUT2D eigenvalue weighted by atomic mass is 19.3. The summed E-state index contributed by atoms with van der Waals surface area (Å²) in [5, 5.41) is 35.9. The van der Waals surface area contributed by atoms with Crippen LogP contribution >= 0.6 is 0 Å². The van der Waals surface area contributed by atoms with E-state index in [-0.39, 0.29) is 0 Å². The largest absolute Gasteiger partial charge is 0.394 e. The van der Waals surface area contributed by atoms with E-state index < -0.39 is 37.3 Å².